The maximum atomic E-state index is 12.5. The van der Waals surface area contributed by atoms with Crippen LogP contribution in [0, 0.1) is 0 Å². The summed E-state index contributed by atoms with van der Waals surface area (Å²) in [5.74, 6) is -0.116. The highest BCUT2D eigenvalue weighted by molar-refractivity contribution is 5.79. The topological polar surface area (TPSA) is 49.3 Å². The molecular weight excluding hydrogens is 310 g/mol. The number of amides is 1. The van der Waals surface area contributed by atoms with E-state index in [0.29, 0.717) is 0 Å². The molecule has 126 valence electrons. The first kappa shape index (κ1) is 16.9. The summed E-state index contributed by atoms with van der Waals surface area (Å²) in [6, 6.07) is 28.1. The van der Waals surface area contributed by atoms with E-state index in [2.05, 4.69) is 5.32 Å². The van der Waals surface area contributed by atoms with Crippen LogP contribution in [-0.2, 0) is 11.2 Å². The molecule has 0 aliphatic rings. The van der Waals surface area contributed by atoms with Gasteiger partial charge in [-0.25, -0.2) is 0 Å². The average molecular weight is 331 g/mol. The highest BCUT2D eigenvalue weighted by Gasteiger charge is 2.24. The summed E-state index contributed by atoms with van der Waals surface area (Å²) >= 11 is 0. The van der Waals surface area contributed by atoms with Crippen LogP contribution in [0.2, 0.25) is 0 Å². The molecule has 0 spiro atoms. The Morgan fingerprint density at radius 2 is 1.24 bits per heavy atom. The van der Waals surface area contributed by atoms with Crippen molar-refractivity contribution in [3.63, 3.8) is 0 Å². The fourth-order valence-electron chi connectivity index (χ4n) is 2.85. The van der Waals surface area contributed by atoms with Crippen molar-refractivity contribution in [2.75, 3.05) is 0 Å². The summed E-state index contributed by atoms with van der Waals surface area (Å²) < 4.78 is 0. The molecule has 3 aromatic carbocycles. The van der Waals surface area contributed by atoms with Crippen molar-refractivity contribution in [3.8, 4) is 0 Å². The van der Waals surface area contributed by atoms with Crippen LogP contribution < -0.4 is 5.32 Å². The SMILES string of the molecule is O=C(Cc1ccccc1)N[C@H](c1ccccc1)[C@@H](O)c1ccccc1. The minimum Gasteiger partial charge on any atom is -0.386 e. The molecule has 0 saturated heterocycles. The summed E-state index contributed by atoms with van der Waals surface area (Å²) in [6.07, 6.45) is -0.533. The maximum absolute atomic E-state index is 12.5. The summed E-state index contributed by atoms with van der Waals surface area (Å²) in [5, 5.41) is 13.8. The lowest BCUT2D eigenvalue weighted by Crippen LogP contribution is -2.33. The third-order valence-electron chi connectivity index (χ3n) is 4.14. The van der Waals surface area contributed by atoms with Gasteiger partial charge in [-0.3, -0.25) is 4.79 Å². The Bertz CT molecular complexity index is 788. The van der Waals surface area contributed by atoms with Crippen LogP contribution in [0.1, 0.15) is 28.8 Å². The van der Waals surface area contributed by atoms with E-state index in [9.17, 15) is 9.90 Å². The van der Waals surface area contributed by atoms with Gasteiger partial charge in [-0.15, -0.1) is 0 Å². The zero-order valence-corrected chi connectivity index (χ0v) is 13.9. The zero-order chi connectivity index (χ0) is 17.5. The number of aliphatic hydroxyl groups excluding tert-OH is 1. The molecule has 3 rings (SSSR count). The van der Waals surface area contributed by atoms with Crippen LogP contribution in [0.3, 0.4) is 0 Å². The number of benzene rings is 3. The smallest absolute Gasteiger partial charge is 0.225 e. The Morgan fingerprint density at radius 3 is 1.80 bits per heavy atom. The molecule has 0 radical (unpaired) electrons. The average Bonchev–Trinajstić information content (AvgIpc) is 2.68. The van der Waals surface area contributed by atoms with E-state index in [1.807, 2.05) is 91.0 Å². The number of aliphatic hydroxyl groups is 1. The van der Waals surface area contributed by atoms with Gasteiger partial charge in [0.2, 0.25) is 5.91 Å². The second kappa shape index (κ2) is 8.27. The minimum absolute atomic E-state index is 0.116. The van der Waals surface area contributed by atoms with Crippen molar-refractivity contribution >= 4 is 5.91 Å². The van der Waals surface area contributed by atoms with E-state index in [1.54, 1.807) is 0 Å². The predicted molar refractivity (Wildman–Crippen MR) is 98.9 cm³/mol. The van der Waals surface area contributed by atoms with Gasteiger partial charge in [0.05, 0.1) is 12.5 Å². The number of carbonyl (C=O) groups is 1. The van der Waals surface area contributed by atoms with Crippen molar-refractivity contribution < 1.29 is 9.90 Å². The van der Waals surface area contributed by atoms with E-state index in [-0.39, 0.29) is 12.3 Å². The Balaban J connectivity index is 1.80. The maximum Gasteiger partial charge on any atom is 0.225 e. The Kier molecular flexibility index (Phi) is 5.60. The van der Waals surface area contributed by atoms with Crippen LogP contribution in [0.25, 0.3) is 0 Å². The minimum atomic E-state index is -0.816. The van der Waals surface area contributed by atoms with Crippen molar-refractivity contribution in [3.05, 3.63) is 108 Å². The van der Waals surface area contributed by atoms with Gasteiger partial charge in [-0.2, -0.15) is 0 Å². The van der Waals surface area contributed by atoms with Crippen molar-refractivity contribution in [1.82, 2.24) is 5.32 Å². The van der Waals surface area contributed by atoms with Crippen molar-refractivity contribution in [2.45, 2.75) is 18.6 Å². The molecule has 0 aliphatic heterocycles. The quantitative estimate of drug-likeness (QED) is 0.721. The molecule has 0 unspecified atom stereocenters. The molecule has 0 fully saturated rings. The summed E-state index contributed by atoms with van der Waals surface area (Å²) in [7, 11) is 0. The van der Waals surface area contributed by atoms with E-state index in [0.717, 1.165) is 16.7 Å². The predicted octanol–water partition coefficient (Wildman–Crippen LogP) is 3.82. The van der Waals surface area contributed by atoms with Crippen molar-refractivity contribution in [1.29, 1.82) is 0 Å². The second-order valence-corrected chi connectivity index (χ2v) is 5.97. The molecule has 0 heterocycles. The van der Waals surface area contributed by atoms with Gasteiger partial charge in [0.1, 0.15) is 6.10 Å². The molecule has 2 atom stereocenters. The number of nitrogens with one attached hydrogen (secondary N) is 1. The molecule has 2 N–H and O–H groups in total. The van der Waals surface area contributed by atoms with E-state index in [1.165, 1.54) is 0 Å². The van der Waals surface area contributed by atoms with Gasteiger partial charge in [-0.1, -0.05) is 91.0 Å². The van der Waals surface area contributed by atoms with Crippen LogP contribution in [0.15, 0.2) is 91.0 Å². The number of carbonyl (C=O) groups excluding carboxylic acids is 1. The monoisotopic (exact) mass is 331 g/mol. The van der Waals surface area contributed by atoms with Gasteiger partial charge in [0.15, 0.2) is 0 Å². The van der Waals surface area contributed by atoms with Gasteiger partial charge in [0.25, 0.3) is 0 Å². The number of rotatable bonds is 6. The van der Waals surface area contributed by atoms with E-state index >= 15 is 0 Å². The Labute approximate surface area is 148 Å². The first-order chi connectivity index (χ1) is 12.2. The third kappa shape index (κ3) is 4.55. The Hall–Kier alpha value is -2.91. The summed E-state index contributed by atoms with van der Waals surface area (Å²) in [6.45, 7) is 0. The largest absolute Gasteiger partial charge is 0.386 e. The fourth-order valence-corrected chi connectivity index (χ4v) is 2.85. The highest BCUT2D eigenvalue weighted by atomic mass is 16.3. The van der Waals surface area contributed by atoms with Crippen LogP contribution >= 0.6 is 0 Å². The van der Waals surface area contributed by atoms with Crippen molar-refractivity contribution in [2.24, 2.45) is 0 Å². The first-order valence-corrected chi connectivity index (χ1v) is 8.35. The molecule has 25 heavy (non-hydrogen) atoms. The molecule has 3 heteroatoms. The lowest BCUT2D eigenvalue weighted by molar-refractivity contribution is -0.122. The summed E-state index contributed by atoms with van der Waals surface area (Å²) in [4.78, 5) is 12.5. The standard InChI is InChI=1S/C22H21NO2/c24-20(16-17-10-4-1-5-11-17)23-21(18-12-6-2-7-13-18)22(25)19-14-8-3-9-15-19/h1-15,21-22,25H,16H2,(H,23,24)/t21-,22+/m1/s1. The lowest BCUT2D eigenvalue weighted by atomic mass is 9.95. The molecule has 0 bridgehead atoms. The third-order valence-corrected chi connectivity index (χ3v) is 4.14. The molecule has 0 aliphatic carbocycles. The molecule has 1 amide bonds. The van der Waals surface area contributed by atoms with E-state index in [4.69, 9.17) is 0 Å². The first-order valence-electron chi connectivity index (χ1n) is 8.35. The van der Waals surface area contributed by atoms with Crippen LogP contribution in [-0.4, -0.2) is 11.0 Å². The van der Waals surface area contributed by atoms with Crippen LogP contribution in [0.5, 0.6) is 0 Å². The van der Waals surface area contributed by atoms with E-state index < -0.39 is 12.1 Å². The Morgan fingerprint density at radius 1 is 0.760 bits per heavy atom. The van der Waals surface area contributed by atoms with Crippen LogP contribution in [0.4, 0.5) is 0 Å². The number of hydrogen-bond acceptors (Lipinski definition) is 2. The van der Waals surface area contributed by atoms with Gasteiger partial charge in [0, 0.05) is 0 Å². The normalized spacial score (nSPS) is 13.0. The lowest BCUT2D eigenvalue weighted by Gasteiger charge is -2.25. The molecular formula is C22H21NO2. The fraction of sp³-hybridized carbons (Fsp3) is 0.136. The highest BCUT2D eigenvalue weighted by Crippen LogP contribution is 2.28. The molecule has 3 nitrogen and oxygen atoms in total. The number of hydrogen-bond donors (Lipinski definition) is 2. The summed E-state index contributed by atoms with van der Waals surface area (Å²) in [5.41, 5.74) is 2.60. The molecule has 3 aromatic rings. The molecule has 0 saturated carbocycles. The second-order valence-electron chi connectivity index (χ2n) is 5.97. The van der Waals surface area contributed by atoms with Gasteiger partial charge >= 0.3 is 0 Å². The van der Waals surface area contributed by atoms with Gasteiger partial charge in [-0.05, 0) is 16.7 Å². The zero-order valence-electron chi connectivity index (χ0n) is 13.9. The van der Waals surface area contributed by atoms with Gasteiger partial charge < -0.3 is 10.4 Å². The molecule has 0 aromatic heterocycles.